The van der Waals surface area contributed by atoms with Crippen LogP contribution in [0, 0.1) is 17.0 Å². The zero-order valence-electron chi connectivity index (χ0n) is 9.47. The SMILES string of the molecule is O=C(CC1(CS)CC1)Nc1c(F)cc(F)cc1Cl. The molecule has 1 aromatic rings. The number of hydrogen-bond acceptors (Lipinski definition) is 2. The summed E-state index contributed by atoms with van der Waals surface area (Å²) in [5.41, 5.74) is -0.228. The van der Waals surface area contributed by atoms with Gasteiger partial charge in [0.1, 0.15) is 5.82 Å². The van der Waals surface area contributed by atoms with Gasteiger partial charge in [0.05, 0.1) is 10.7 Å². The van der Waals surface area contributed by atoms with Crippen LogP contribution in [0.3, 0.4) is 0 Å². The fourth-order valence-electron chi connectivity index (χ4n) is 1.75. The number of carbonyl (C=O) groups excluding carboxylic acids is 1. The zero-order valence-corrected chi connectivity index (χ0v) is 11.1. The van der Waals surface area contributed by atoms with Gasteiger partial charge in [-0.15, -0.1) is 0 Å². The van der Waals surface area contributed by atoms with Crippen molar-refractivity contribution in [2.45, 2.75) is 19.3 Å². The number of carbonyl (C=O) groups is 1. The number of anilines is 1. The molecule has 0 saturated heterocycles. The maximum Gasteiger partial charge on any atom is 0.225 e. The van der Waals surface area contributed by atoms with Gasteiger partial charge in [-0.2, -0.15) is 12.6 Å². The van der Waals surface area contributed by atoms with E-state index in [0.717, 1.165) is 18.9 Å². The molecule has 0 spiro atoms. The number of rotatable bonds is 4. The van der Waals surface area contributed by atoms with Crippen molar-refractivity contribution in [2.24, 2.45) is 5.41 Å². The highest BCUT2D eigenvalue weighted by Gasteiger charge is 2.43. The van der Waals surface area contributed by atoms with Crippen molar-refractivity contribution < 1.29 is 13.6 Å². The molecule has 0 aromatic heterocycles. The molecule has 0 bridgehead atoms. The Hall–Kier alpha value is -0.810. The largest absolute Gasteiger partial charge is 0.322 e. The monoisotopic (exact) mass is 291 g/mol. The summed E-state index contributed by atoms with van der Waals surface area (Å²) in [6.07, 6.45) is 2.18. The van der Waals surface area contributed by atoms with Crippen LogP contribution in [-0.2, 0) is 4.79 Å². The summed E-state index contributed by atoms with van der Waals surface area (Å²) in [6, 6.07) is 1.65. The molecule has 0 unspecified atom stereocenters. The van der Waals surface area contributed by atoms with Crippen molar-refractivity contribution in [3.63, 3.8) is 0 Å². The van der Waals surface area contributed by atoms with Gasteiger partial charge in [0, 0.05) is 12.5 Å². The number of thiol groups is 1. The van der Waals surface area contributed by atoms with Crippen LogP contribution in [0.2, 0.25) is 5.02 Å². The third-order valence-corrected chi connectivity index (χ3v) is 4.07. The van der Waals surface area contributed by atoms with Crippen LogP contribution in [0.4, 0.5) is 14.5 Å². The summed E-state index contributed by atoms with van der Waals surface area (Å²) in [5.74, 6) is -1.34. The Morgan fingerprint density at radius 2 is 2.11 bits per heavy atom. The Morgan fingerprint density at radius 1 is 1.44 bits per heavy atom. The van der Waals surface area contributed by atoms with Crippen molar-refractivity contribution in [1.82, 2.24) is 0 Å². The van der Waals surface area contributed by atoms with Gasteiger partial charge in [-0.05, 0) is 30.1 Å². The van der Waals surface area contributed by atoms with Crippen LogP contribution >= 0.6 is 24.2 Å². The van der Waals surface area contributed by atoms with E-state index < -0.39 is 11.6 Å². The summed E-state index contributed by atoms with van der Waals surface area (Å²) in [4.78, 5) is 11.8. The molecule has 1 aliphatic carbocycles. The van der Waals surface area contributed by atoms with Crippen LogP contribution in [0.15, 0.2) is 12.1 Å². The normalized spacial score (nSPS) is 16.4. The second-order valence-corrected chi connectivity index (χ2v) is 5.35. The standard InChI is InChI=1S/C12H12ClF2NOS/c13-8-3-7(14)4-9(15)11(8)16-10(17)5-12(6-18)1-2-12/h3-4,18H,1-2,5-6H2,(H,16,17). The Balaban J connectivity index is 2.07. The van der Waals surface area contributed by atoms with Gasteiger partial charge in [0.15, 0.2) is 5.82 Å². The molecule has 1 N–H and O–H groups in total. The molecule has 0 radical (unpaired) electrons. The molecule has 0 atom stereocenters. The van der Waals surface area contributed by atoms with Gasteiger partial charge in [-0.3, -0.25) is 4.79 Å². The minimum Gasteiger partial charge on any atom is -0.322 e. The third-order valence-electron chi connectivity index (χ3n) is 3.10. The van der Waals surface area contributed by atoms with Gasteiger partial charge in [-0.1, -0.05) is 11.6 Å². The third kappa shape index (κ3) is 2.95. The molecule has 1 fully saturated rings. The number of benzene rings is 1. The lowest BCUT2D eigenvalue weighted by molar-refractivity contribution is -0.117. The van der Waals surface area contributed by atoms with Crippen molar-refractivity contribution in [3.05, 3.63) is 28.8 Å². The van der Waals surface area contributed by atoms with E-state index in [0.29, 0.717) is 11.8 Å². The minimum absolute atomic E-state index is 0.0593. The van der Waals surface area contributed by atoms with Crippen LogP contribution in [0.5, 0.6) is 0 Å². The molecule has 1 saturated carbocycles. The molecule has 0 heterocycles. The average Bonchev–Trinajstić information content (AvgIpc) is 3.04. The van der Waals surface area contributed by atoms with Gasteiger partial charge >= 0.3 is 0 Å². The lowest BCUT2D eigenvalue weighted by atomic mass is 10.1. The molecule has 2 nitrogen and oxygen atoms in total. The molecule has 98 valence electrons. The second kappa shape index (κ2) is 5.05. The molecule has 6 heteroatoms. The molecule has 18 heavy (non-hydrogen) atoms. The molecule has 1 aliphatic rings. The first-order valence-corrected chi connectivity index (χ1v) is 6.52. The van der Waals surface area contributed by atoms with E-state index in [9.17, 15) is 13.6 Å². The van der Waals surface area contributed by atoms with E-state index >= 15 is 0 Å². The highest BCUT2D eigenvalue weighted by atomic mass is 35.5. The van der Waals surface area contributed by atoms with Crippen molar-refractivity contribution in [2.75, 3.05) is 11.1 Å². The lowest BCUT2D eigenvalue weighted by Gasteiger charge is -2.13. The van der Waals surface area contributed by atoms with E-state index in [4.69, 9.17) is 11.6 Å². The summed E-state index contributed by atoms with van der Waals surface area (Å²) in [6.45, 7) is 0. The molecule has 1 amide bonds. The molecule has 0 aliphatic heterocycles. The van der Waals surface area contributed by atoms with E-state index in [-0.39, 0.29) is 28.5 Å². The van der Waals surface area contributed by atoms with Crippen LogP contribution < -0.4 is 5.32 Å². The maximum atomic E-state index is 13.4. The fourth-order valence-corrected chi connectivity index (χ4v) is 2.42. The lowest BCUT2D eigenvalue weighted by Crippen LogP contribution is -2.19. The Morgan fingerprint density at radius 3 is 2.61 bits per heavy atom. The Bertz CT molecular complexity index is 468. The van der Waals surface area contributed by atoms with Crippen molar-refractivity contribution >= 4 is 35.8 Å². The number of hydrogen-bond donors (Lipinski definition) is 2. The van der Waals surface area contributed by atoms with Crippen molar-refractivity contribution in [1.29, 1.82) is 0 Å². The minimum atomic E-state index is -0.871. The smallest absolute Gasteiger partial charge is 0.225 e. The summed E-state index contributed by atoms with van der Waals surface area (Å²) in [5, 5.41) is 2.25. The van der Waals surface area contributed by atoms with Crippen LogP contribution in [0.25, 0.3) is 0 Å². The van der Waals surface area contributed by atoms with Gasteiger partial charge in [-0.25, -0.2) is 8.78 Å². The number of nitrogens with one attached hydrogen (secondary N) is 1. The quantitative estimate of drug-likeness (QED) is 0.815. The number of amides is 1. The average molecular weight is 292 g/mol. The summed E-state index contributed by atoms with van der Waals surface area (Å²) >= 11 is 9.88. The number of halogens is 3. The van der Waals surface area contributed by atoms with E-state index in [1.807, 2.05) is 0 Å². The van der Waals surface area contributed by atoms with Crippen molar-refractivity contribution in [3.8, 4) is 0 Å². The van der Waals surface area contributed by atoms with E-state index in [1.165, 1.54) is 0 Å². The van der Waals surface area contributed by atoms with E-state index in [2.05, 4.69) is 17.9 Å². The molecular formula is C12H12ClF2NOS. The first-order chi connectivity index (χ1) is 8.46. The van der Waals surface area contributed by atoms with E-state index in [1.54, 1.807) is 0 Å². The molecule has 2 rings (SSSR count). The topological polar surface area (TPSA) is 29.1 Å². The van der Waals surface area contributed by atoms with Gasteiger partial charge < -0.3 is 5.32 Å². The highest BCUT2D eigenvalue weighted by molar-refractivity contribution is 7.80. The Labute approximate surface area is 114 Å². The Kier molecular flexibility index (Phi) is 3.82. The highest BCUT2D eigenvalue weighted by Crippen LogP contribution is 2.49. The summed E-state index contributed by atoms with van der Waals surface area (Å²) in [7, 11) is 0. The zero-order chi connectivity index (χ0) is 13.3. The molecular weight excluding hydrogens is 280 g/mol. The predicted octanol–water partition coefficient (Wildman–Crippen LogP) is 3.66. The first-order valence-electron chi connectivity index (χ1n) is 5.51. The fraction of sp³-hybridized carbons (Fsp3) is 0.417. The van der Waals surface area contributed by atoms with Crippen LogP contribution in [-0.4, -0.2) is 11.7 Å². The van der Waals surface area contributed by atoms with Gasteiger partial charge in [0.2, 0.25) is 5.91 Å². The molecule has 1 aromatic carbocycles. The second-order valence-electron chi connectivity index (χ2n) is 4.63. The van der Waals surface area contributed by atoms with Gasteiger partial charge in [0.25, 0.3) is 0 Å². The predicted molar refractivity (Wildman–Crippen MR) is 70.1 cm³/mol. The summed E-state index contributed by atoms with van der Waals surface area (Å²) < 4.78 is 26.3. The van der Waals surface area contributed by atoms with Crippen LogP contribution in [0.1, 0.15) is 19.3 Å². The first kappa shape index (κ1) is 13.6. The maximum absolute atomic E-state index is 13.4.